The van der Waals surface area contributed by atoms with Gasteiger partial charge >= 0.3 is 0 Å². The fraction of sp³-hybridized carbons (Fsp3) is 0.647. The van der Waals surface area contributed by atoms with Crippen molar-refractivity contribution in [2.45, 2.75) is 51.2 Å². The van der Waals surface area contributed by atoms with Crippen molar-refractivity contribution in [1.82, 2.24) is 10.2 Å². The zero-order valence-corrected chi connectivity index (χ0v) is 13.4. The standard InChI is InChI=1S/C17H24ClFN2/c1-2-3-15-11-21(17(9-20-15)12-4-5-12)10-13-8-14(18)6-7-16(13)19/h6-8,12,15,17,20H,2-5,9-11H2,1H3. The predicted molar refractivity (Wildman–Crippen MR) is 85.0 cm³/mol. The summed E-state index contributed by atoms with van der Waals surface area (Å²) in [5.74, 6) is 0.654. The van der Waals surface area contributed by atoms with Crippen LogP contribution in [0.4, 0.5) is 4.39 Å². The first-order chi connectivity index (χ1) is 10.2. The summed E-state index contributed by atoms with van der Waals surface area (Å²) in [6.07, 6.45) is 5.01. The smallest absolute Gasteiger partial charge is 0.127 e. The normalized spacial score (nSPS) is 27.0. The van der Waals surface area contributed by atoms with Gasteiger partial charge in [-0.1, -0.05) is 24.9 Å². The Morgan fingerprint density at radius 2 is 2.19 bits per heavy atom. The monoisotopic (exact) mass is 310 g/mol. The van der Waals surface area contributed by atoms with Crippen molar-refractivity contribution in [3.8, 4) is 0 Å². The fourth-order valence-corrected chi connectivity index (χ4v) is 3.65. The number of benzene rings is 1. The highest BCUT2D eigenvalue weighted by Crippen LogP contribution is 2.37. The molecule has 1 aliphatic carbocycles. The summed E-state index contributed by atoms with van der Waals surface area (Å²) in [4.78, 5) is 2.48. The van der Waals surface area contributed by atoms with Crippen LogP contribution >= 0.6 is 11.6 Å². The molecule has 0 amide bonds. The summed E-state index contributed by atoms with van der Waals surface area (Å²) >= 11 is 6.03. The van der Waals surface area contributed by atoms with E-state index in [-0.39, 0.29) is 5.82 Å². The van der Waals surface area contributed by atoms with Crippen LogP contribution in [0.3, 0.4) is 0 Å². The molecule has 1 heterocycles. The van der Waals surface area contributed by atoms with E-state index in [9.17, 15) is 4.39 Å². The number of halogens is 2. The van der Waals surface area contributed by atoms with Gasteiger partial charge < -0.3 is 5.32 Å². The molecule has 2 aliphatic rings. The van der Waals surface area contributed by atoms with E-state index in [1.807, 2.05) is 0 Å². The molecule has 1 aliphatic heterocycles. The van der Waals surface area contributed by atoms with E-state index >= 15 is 0 Å². The number of hydrogen-bond acceptors (Lipinski definition) is 2. The van der Waals surface area contributed by atoms with E-state index in [1.54, 1.807) is 12.1 Å². The molecule has 0 radical (unpaired) electrons. The molecular formula is C17H24ClFN2. The van der Waals surface area contributed by atoms with Crippen molar-refractivity contribution < 1.29 is 4.39 Å². The van der Waals surface area contributed by atoms with E-state index in [0.717, 1.165) is 24.6 Å². The molecule has 2 atom stereocenters. The molecule has 21 heavy (non-hydrogen) atoms. The molecule has 2 nitrogen and oxygen atoms in total. The highest BCUT2D eigenvalue weighted by Gasteiger charge is 2.38. The molecule has 0 bridgehead atoms. The molecule has 3 rings (SSSR count). The number of nitrogens with zero attached hydrogens (tertiary/aromatic N) is 1. The molecule has 1 aromatic rings. The van der Waals surface area contributed by atoms with Crippen molar-refractivity contribution in [1.29, 1.82) is 0 Å². The van der Waals surface area contributed by atoms with Gasteiger partial charge in [-0.05, 0) is 43.4 Å². The molecule has 0 spiro atoms. The maximum absolute atomic E-state index is 14.0. The van der Waals surface area contributed by atoms with Crippen LogP contribution in [0.1, 0.15) is 38.2 Å². The van der Waals surface area contributed by atoms with Crippen molar-refractivity contribution >= 4 is 11.6 Å². The van der Waals surface area contributed by atoms with Crippen LogP contribution in [0, 0.1) is 11.7 Å². The number of piperazine rings is 1. The van der Waals surface area contributed by atoms with Crippen LogP contribution in [0.2, 0.25) is 5.02 Å². The Hall–Kier alpha value is -0.640. The third-order valence-electron chi connectivity index (χ3n) is 4.72. The third kappa shape index (κ3) is 3.77. The maximum atomic E-state index is 14.0. The molecule has 1 aromatic carbocycles. The van der Waals surface area contributed by atoms with Gasteiger partial charge in [-0.2, -0.15) is 0 Å². The van der Waals surface area contributed by atoms with Gasteiger partial charge in [-0.25, -0.2) is 4.39 Å². The molecule has 116 valence electrons. The Labute approximate surface area is 131 Å². The topological polar surface area (TPSA) is 15.3 Å². The van der Waals surface area contributed by atoms with Crippen molar-refractivity contribution in [2.75, 3.05) is 13.1 Å². The molecule has 1 saturated heterocycles. The minimum Gasteiger partial charge on any atom is -0.311 e. The van der Waals surface area contributed by atoms with Gasteiger partial charge in [0, 0.05) is 42.3 Å². The van der Waals surface area contributed by atoms with E-state index in [2.05, 4.69) is 17.1 Å². The van der Waals surface area contributed by atoms with Crippen LogP contribution in [0.15, 0.2) is 18.2 Å². The SMILES string of the molecule is CCCC1CN(Cc2cc(Cl)ccc2F)C(C2CC2)CN1. The molecule has 1 N–H and O–H groups in total. The first-order valence-corrected chi connectivity index (χ1v) is 8.46. The Morgan fingerprint density at radius 3 is 2.90 bits per heavy atom. The van der Waals surface area contributed by atoms with Crippen molar-refractivity contribution in [3.05, 3.63) is 34.6 Å². The second kappa shape index (κ2) is 6.64. The zero-order valence-electron chi connectivity index (χ0n) is 12.6. The average Bonchev–Trinajstić information content (AvgIpc) is 3.28. The molecular weight excluding hydrogens is 287 g/mol. The second-order valence-corrected chi connectivity index (χ2v) is 6.90. The van der Waals surface area contributed by atoms with Gasteiger partial charge in [0.1, 0.15) is 5.82 Å². The van der Waals surface area contributed by atoms with Gasteiger partial charge in [-0.15, -0.1) is 0 Å². The largest absolute Gasteiger partial charge is 0.311 e. The van der Waals surface area contributed by atoms with E-state index in [0.29, 0.717) is 23.7 Å². The minimum absolute atomic E-state index is 0.139. The Morgan fingerprint density at radius 1 is 1.38 bits per heavy atom. The third-order valence-corrected chi connectivity index (χ3v) is 4.96. The summed E-state index contributed by atoms with van der Waals surface area (Å²) in [5.41, 5.74) is 0.727. The minimum atomic E-state index is -0.139. The molecule has 2 fully saturated rings. The zero-order chi connectivity index (χ0) is 14.8. The first kappa shape index (κ1) is 15.3. The summed E-state index contributed by atoms with van der Waals surface area (Å²) in [5, 5.41) is 4.29. The van der Waals surface area contributed by atoms with Gasteiger partial charge in [-0.3, -0.25) is 4.90 Å². The summed E-state index contributed by atoms with van der Waals surface area (Å²) in [6.45, 7) is 4.95. The van der Waals surface area contributed by atoms with Crippen molar-refractivity contribution in [3.63, 3.8) is 0 Å². The van der Waals surface area contributed by atoms with Crippen LogP contribution in [-0.4, -0.2) is 30.1 Å². The lowest BCUT2D eigenvalue weighted by Crippen LogP contribution is -2.56. The number of nitrogens with one attached hydrogen (secondary N) is 1. The van der Waals surface area contributed by atoms with Gasteiger partial charge in [0.05, 0.1) is 0 Å². The second-order valence-electron chi connectivity index (χ2n) is 6.46. The highest BCUT2D eigenvalue weighted by molar-refractivity contribution is 6.30. The highest BCUT2D eigenvalue weighted by atomic mass is 35.5. The molecule has 2 unspecified atom stereocenters. The van der Waals surface area contributed by atoms with E-state index in [4.69, 9.17) is 11.6 Å². The Balaban J connectivity index is 1.73. The molecule has 1 saturated carbocycles. The molecule has 0 aromatic heterocycles. The maximum Gasteiger partial charge on any atom is 0.127 e. The lowest BCUT2D eigenvalue weighted by molar-refractivity contribution is 0.103. The summed E-state index contributed by atoms with van der Waals surface area (Å²) in [7, 11) is 0. The fourth-order valence-electron chi connectivity index (χ4n) is 3.45. The Kier molecular flexibility index (Phi) is 4.82. The van der Waals surface area contributed by atoms with E-state index < -0.39 is 0 Å². The number of rotatable bonds is 5. The quantitative estimate of drug-likeness (QED) is 0.889. The summed E-state index contributed by atoms with van der Waals surface area (Å²) < 4.78 is 14.0. The summed E-state index contributed by atoms with van der Waals surface area (Å²) in [6, 6.07) is 5.97. The van der Waals surface area contributed by atoms with Crippen LogP contribution in [0.25, 0.3) is 0 Å². The number of hydrogen-bond donors (Lipinski definition) is 1. The van der Waals surface area contributed by atoms with Crippen LogP contribution in [-0.2, 0) is 6.54 Å². The molecule has 4 heteroatoms. The van der Waals surface area contributed by atoms with Gasteiger partial charge in [0.25, 0.3) is 0 Å². The van der Waals surface area contributed by atoms with Crippen molar-refractivity contribution in [2.24, 2.45) is 5.92 Å². The van der Waals surface area contributed by atoms with Gasteiger partial charge in [0.2, 0.25) is 0 Å². The van der Waals surface area contributed by atoms with E-state index in [1.165, 1.54) is 31.7 Å². The Bertz CT molecular complexity index is 490. The predicted octanol–water partition coefficient (Wildman–Crippen LogP) is 3.83. The van der Waals surface area contributed by atoms with Gasteiger partial charge in [0.15, 0.2) is 0 Å². The van der Waals surface area contributed by atoms with Crippen LogP contribution in [0.5, 0.6) is 0 Å². The lowest BCUT2D eigenvalue weighted by atomic mass is 10.0. The first-order valence-electron chi connectivity index (χ1n) is 8.08. The van der Waals surface area contributed by atoms with Crippen LogP contribution < -0.4 is 5.32 Å². The average molecular weight is 311 g/mol. The lowest BCUT2D eigenvalue weighted by Gasteiger charge is -2.41.